The summed E-state index contributed by atoms with van der Waals surface area (Å²) in [6.07, 6.45) is 1.50. The fourth-order valence-electron chi connectivity index (χ4n) is 3.06. The van der Waals surface area contributed by atoms with Crippen LogP contribution in [-0.2, 0) is 20.9 Å². The van der Waals surface area contributed by atoms with Crippen molar-refractivity contribution in [1.82, 2.24) is 4.57 Å². The number of carbonyl (C=O) groups excluding carboxylic acids is 2. The zero-order chi connectivity index (χ0) is 22.3. The number of benzene rings is 1. The molecule has 0 spiro atoms. The maximum atomic E-state index is 12.3. The van der Waals surface area contributed by atoms with Crippen LogP contribution < -0.4 is 10.1 Å². The molecule has 2 rings (SSSR count). The van der Waals surface area contributed by atoms with Crippen molar-refractivity contribution >= 4 is 23.6 Å². The molecule has 2 aromatic rings. The van der Waals surface area contributed by atoms with E-state index >= 15 is 0 Å². The van der Waals surface area contributed by atoms with E-state index in [0.717, 1.165) is 23.5 Å². The predicted molar refractivity (Wildman–Crippen MR) is 115 cm³/mol. The van der Waals surface area contributed by atoms with Crippen LogP contribution in [0.15, 0.2) is 35.9 Å². The molecule has 1 amide bonds. The van der Waals surface area contributed by atoms with Crippen molar-refractivity contribution in [3.05, 3.63) is 52.9 Å². The maximum Gasteiger partial charge on any atom is 0.349 e. The lowest BCUT2D eigenvalue weighted by atomic mass is 10.1. The number of anilines is 1. The summed E-state index contributed by atoms with van der Waals surface area (Å²) in [4.78, 5) is 24.4. The van der Waals surface area contributed by atoms with Crippen molar-refractivity contribution in [1.29, 1.82) is 5.26 Å². The topological polar surface area (TPSA) is 93.3 Å². The van der Waals surface area contributed by atoms with Crippen LogP contribution in [0, 0.1) is 31.1 Å². The largest absolute Gasteiger partial charge is 0.495 e. The summed E-state index contributed by atoms with van der Waals surface area (Å²) in [7, 11) is 1.49. The molecule has 7 heteroatoms. The third-order valence-electron chi connectivity index (χ3n) is 4.52. The van der Waals surface area contributed by atoms with Crippen molar-refractivity contribution in [3.63, 3.8) is 0 Å². The molecule has 1 heterocycles. The predicted octanol–water partition coefficient (Wildman–Crippen LogP) is 3.86. The van der Waals surface area contributed by atoms with Gasteiger partial charge < -0.3 is 19.4 Å². The molecule has 0 aliphatic rings. The van der Waals surface area contributed by atoms with E-state index in [1.54, 1.807) is 24.3 Å². The van der Waals surface area contributed by atoms with Crippen LogP contribution in [-0.4, -0.2) is 30.2 Å². The summed E-state index contributed by atoms with van der Waals surface area (Å²) in [5.41, 5.74) is 3.10. The van der Waals surface area contributed by atoms with Gasteiger partial charge in [-0.1, -0.05) is 26.0 Å². The minimum Gasteiger partial charge on any atom is -0.495 e. The Balaban J connectivity index is 2.06. The Morgan fingerprint density at radius 1 is 1.27 bits per heavy atom. The molecule has 0 atom stereocenters. The number of methoxy groups -OCH3 is 1. The molecule has 0 unspecified atom stereocenters. The molecular formula is C23H27N3O4. The van der Waals surface area contributed by atoms with Crippen LogP contribution in [0.1, 0.15) is 30.8 Å². The highest BCUT2D eigenvalue weighted by Crippen LogP contribution is 2.23. The zero-order valence-electron chi connectivity index (χ0n) is 18.0. The molecular weight excluding hydrogens is 382 g/mol. The van der Waals surface area contributed by atoms with E-state index in [9.17, 15) is 14.9 Å². The minimum atomic E-state index is -0.846. The summed E-state index contributed by atoms with van der Waals surface area (Å²) < 4.78 is 12.3. The van der Waals surface area contributed by atoms with E-state index in [2.05, 4.69) is 23.7 Å². The lowest BCUT2D eigenvalue weighted by molar-refractivity contribution is -0.142. The summed E-state index contributed by atoms with van der Waals surface area (Å²) in [6, 6.07) is 10.7. The zero-order valence-corrected chi connectivity index (χ0v) is 18.0. The molecule has 1 aromatic carbocycles. The van der Waals surface area contributed by atoms with Crippen molar-refractivity contribution in [2.24, 2.45) is 5.92 Å². The quantitative estimate of drug-likeness (QED) is 0.406. The van der Waals surface area contributed by atoms with Gasteiger partial charge in [0, 0.05) is 17.9 Å². The van der Waals surface area contributed by atoms with Crippen LogP contribution in [0.25, 0.3) is 6.08 Å². The molecule has 1 N–H and O–H groups in total. The molecule has 0 saturated carbocycles. The first-order valence-corrected chi connectivity index (χ1v) is 9.65. The Bertz CT molecular complexity index is 996. The summed E-state index contributed by atoms with van der Waals surface area (Å²) >= 11 is 0. The van der Waals surface area contributed by atoms with Crippen molar-refractivity contribution in [3.8, 4) is 11.8 Å². The summed E-state index contributed by atoms with van der Waals surface area (Å²) in [5.74, 6) is -0.415. The second kappa shape index (κ2) is 10.3. The highest BCUT2D eigenvalue weighted by molar-refractivity contribution is 6.00. The number of ether oxygens (including phenoxy) is 2. The van der Waals surface area contributed by atoms with Crippen LogP contribution in [0.4, 0.5) is 5.69 Å². The van der Waals surface area contributed by atoms with E-state index in [-0.39, 0.29) is 5.57 Å². The van der Waals surface area contributed by atoms with Gasteiger partial charge in [0.15, 0.2) is 6.61 Å². The molecule has 158 valence electrons. The molecule has 1 aromatic heterocycles. The van der Waals surface area contributed by atoms with Gasteiger partial charge in [0.25, 0.3) is 5.91 Å². The van der Waals surface area contributed by atoms with Gasteiger partial charge in [0.05, 0.1) is 12.8 Å². The molecule has 30 heavy (non-hydrogen) atoms. The number of nitriles is 1. The first kappa shape index (κ1) is 22.8. The number of para-hydroxylation sites is 2. The minimum absolute atomic E-state index is 0.162. The SMILES string of the molecule is COc1ccccc1NC(=O)COC(=O)/C(C#N)=C/c1cc(C)n(CC(C)C)c1C. The monoisotopic (exact) mass is 409 g/mol. The number of esters is 1. The maximum absolute atomic E-state index is 12.3. The molecule has 0 bridgehead atoms. The molecule has 0 fully saturated rings. The van der Waals surface area contributed by atoms with Crippen LogP contribution in [0.3, 0.4) is 0 Å². The van der Waals surface area contributed by atoms with Gasteiger partial charge in [-0.15, -0.1) is 0 Å². The van der Waals surface area contributed by atoms with Crippen molar-refractivity contribution in [2.75, 3.05) is 19.0 Å². The number of nitrogens with one attached hydrogen (secondary N) is 1. The number of aromatic nitrogens is 1. The fraction of sp³-hybridized carbons (Fsp3) is 0.348. The average molecular weight is 409 g/mol. The second-order valence-electron chi connectivity index (χ2n) is 7.33. The van der Waals surface area contributed by atoms with Gasteiger partial charge in [-0.05, 0) is 49.6 Å². The van der Waals surface area contributed by atoms with Gasteiger partial charge in [0.1, 0.15) is 17.4 Å². The third-order valence-corrected chi connectivity index (χ3v) is 4.52. The van der Waals surface area contributed by atoms with Crippen molar-refractivity contribution < 1.29 is 19.1 Å². The summed E-state index contributed by atoms with van der Waals surface area (Å²) in [5, 5.41) is 12.0. The second-order valence-corrected chi connectivity index (χ2v) is 7.33. The number of nitrogens with zero attached hydrogens (tertiary/aromatic N) is 2. The molecule has 0 aliphatic carbocycles. The first-order chi connectivity index (χ1) is 14.3. The van der Waals surface area contributed by atoms with E-state index in [0.29, 0.717) is 17.4 Å². The Kier molecular flexibility index (Phi) is 7.82. The highest BCUT2D eigenvalue weighted by Gasteiger charge is 2.16. The van der Waals surface area contributed by atoms with E-state index in [1.165, 1.54) is 13.2 Å². The molecule has 7 nitrogen and oxygen atoms in total. The van der Waals surface area contributed by atoms with Gasteiger partial charge in [0.2, 0.25) is 0 Å². The first-order valence-electron chi connectivity index (χ1n) is 9.65. The Morgan fingerprint density at radius 3 is 2.60 bits per heavy atom. The van der Waals surface area contributed by atoms with E-state index < -0.39 is 18.5 Å². The Morgan fingerprint density at radius 2 is 1.97 bits per heavy atom. The normalized spacial score (nSPS) is 11.2. The fourth-order valence-corrected chi connectivity index (χ4v) is 3.06. The number of hydrogen-bond donors (Lipinski definition) is 1. The Labute approximate surface area is 176 Å². The third kappa shape index (κ3) is 5.74. The van der Waals surface area contributed by atoms with E-state index in [1.807, 2.05) is 26.0 Å². The Hall–Kier alpha value is -3.53. The highest BCUT2D eigenvalue weighted by atomic mass is 16.5. The number of aryl methyl sites for hydroxylation is 1. The van der Waals surface area contributed by atoms with Crippen LogP contribution in [0.5, 0.6) is 5.75 Å². The van der Waals surface area contributed by atoms with Gasteiger partial charge in [-0.3, -0.25) is 4.79 Å². The number of carbonyl (C=O) groups is 2. The van der Waals surface area contributed by atoms with Crippen molar-refractivity contribution in [2.45, 2.75) is 34.2 Å². The average Bonchev–Trinajstić information content (AvgIpc) is 2.97. The molecule has 0 radical (unpaired) electrons. The van der Waals surface area contributed by atoms with Crippen LogP contribution in [0.2, 0.25) is 0 Å². The number of rotatable bonds is 8. The van der Waals surface area contributed by atoms with Crippen LogP contribution >= 0.6 is 0 Å². The van der Waals surface area contributed by atoms with Gasteiger partial charge >= 0.3 is 5.97 Å². The van der Waals surface area contributed by atoms with Gasteiger partial charge in [-0.25, -0.2) is 4.79 Å². The number of hydrogen-bond acceptors (Lipinski definition) is 5. The molecule has 0 saturated heterocycles. The van der Waals surface area contributed by atoms with Gasteiger partial charge in [-0.2, -0.15) is 5.26 Å². The number of amides is 1. The standard InChI is InChI=1S/C23H27N3O4/c1-15(2)13-26-16(3)10-18(17(26)4)11-19(12-24)23(28)30-14-22(27)25-20-8-6-7-9-21(20)29-5/h6-11,15H,13-14H2,1-5H3,(H,25,27)/b19-11+. The lowest BCUT2D eigenvalue weighted by Crippen LogP contribution is -2.21. The molecule has 0 aliphatic heterocycles. The summed E-state index contributed by atoms with van der Waals surface area (Å²) in [6.45, 7) is 8.52. The van der Waals surface area contributed by atoms with E-state index in [4.69, 9.17) is 9.47 Å². The lowest BCUT2D eigenvalue weighted by Gasteiger charge is -2.12. The smallest absolute Gasteiger partial charge is 0.349 e.